The highest BCUT2D eigenvalue weighted by Crippen LogP contribution is 2.32. The van der Waals surface area contributed by atoms with Crippen molar-refractivity contribution in [3.63, 3.8) is 0 Å². The molecule has 0 aliphatic carbocycles. The summed E-state index contributed by atoms with van der Waals surface area (Å²) in [4.78, 5) is 27.6. The van der Waals surface area contributed by atoms with Crippen LogP contribution in [0.2, 0.25) is 10.0 Å². The fourth-order valence-electron chi connectivity index (χ4n) is 5.52. The van der Waals surface area contributed by atoms with Gasteiger partial charge in [0.25, 0.3) is 0 Å². The van der Waals surface area contributed by atoms with Crippen LogP contribution in [0.1, 0.15) is 11.1 Å². The normalized spacial score (nSPS) is 21.3. The van der Waals surface area contributed by atoms with Gasteiger partial charge in [-0.25, -0.2) is 0 Å². The minimum atomic E-state index is -0.508. The number of carbonyl (C=O) groups is 2. The van der Waals surface area contributed by atoms with Crippen LogP contribution in [0.4, 0.5) is 0 Å². The van der Waals surface area contributed by atoms with Gasteiger partial charge in [-0.1, -0.05) is 23.2 Å². The molecule has 2 fully saturated rings. The van der Waals surface area contributed by atoms with Crippen molar-refractivity contribution in [2.75, 3.05) is 77.2 Å². The van der Waals surface area contributed by atoms with Crippen molar-refractivity contribution in [3.05, 3.63) is 57.6 Å². The smallest absolute Gasteiger partial charge is 0.237 e. The highest BCUT2D eigenvalue weighted by molar-refractivity contribution is 6.67. The Bertz CT molecular complexity index is 1230. The minimum absolute atomic E-state index is 0.0236. The second-order valence-electron chi connectivity index (χ2n) is 10.7. The van der Waals surface area contributed by atoms with Gasteiger partial charge in [0.15, 0.2) is 0 Å². The maximum absolute atomic E-state index is 11.5. The first-order chi connectivity index (χ1) is 20.7. The van der Waals surface area contributed by atoms with Gasteiger partial charge in [0.1, 0.15) is 29.6 Å². The van der Waals surface area contributed by atoms with Gasteiger partial charge in [0, 0.05) is 88.3 Å². The van der Waals surface area contributed by atoms with Crippen LogP contribution >= 0.6 is 58.0 Å². The summed E-state index contributed by atoms with van der Waals surface area (Å²) < 4.78 is 11.9. The number of benzene rings is 2. The quantitative estimate of drug-likeness (QED) is 0.351. The molecule has 4 aliphatic heterocycles. The molecule has 1 N–H and O–H groups in total. The summed E-state index contributed by atoms with van der Waals surface area (Å²) in [5, 5.41) is 4.41. The molecule has 2 saturated heterocycles. The van der Waals surface area contributed by atoms with E-state index >= 15 is 0 Å². The van der Waals surface area contributed by atoms with E-state index in [4.69, 9.17) is 67.5 Å². The molecule has 2 aromatic rings. The molecule has 43 heavy (non-hydrogen) atoms. The first kappa shape index (κ1) is 34.4. The number of carbonyl (C=O) groups excluding carboxylic acids is 2. The number of ether oxygens (including phenoxy) is 2. The zero-order valence-electron chi connectivity index (χ0n) is 23.9. The highest BCUT2D eigenvalue weighted by Gasteiger charge is 2.28. The molecule has 236 valence electrons. The predicted octanol–water partition coefficient (Wildman–Crippen LogP) is 4.57. The van der Waals surface area contributed by atoms with Crippen molar-refractivity contribution in [1.82, 2.24) is 20.0 Å². The minimum Gasteiger partial charge on any atom is -0.488 e. The van der Waals surface area contributed by atoms with E-state index in [0.717, 1.165) is 99.8 Å². The number of hydrogen-bond donors (Lipinski definition) is 1. The maximum atomic E-state index is 11.5. The van der Waals surface area contributed by atoms with Gasteiger partial charge < -0.3 is 19.7 Å². The molecular weight excluding hydrogens is 658 g/mol. The lowest BCUT2D eigenvalue weighted by Crippen LogP contribution is -2.51. The monoisotopic (exact) mass is 692 g/mol. The van der Waals surface area contributed by atoms with Crippen LogP contribution in [0.3, 0.4) is 0 Å². The number of alkyl halides is 2. The second-order valence-corrected chi connectivity index (χ2v) is 12.6. The lowest BCUT2D eigenvalue weighted by molar-refractivity contribution is -0.130. The number of nitrogens with one attached hydrogen (secondary N) is 1. The Balaban J connectivity index is 0.000000173. The molecule has 0 spiro atoms. The van der Waals surface area contributed by atoms with E-state index in [1.165, 1.54) is 11.1 Å². The Morgan fingerprint density at radius 1 is 0.744 bits per heavy atom. The van der Waals surface area contributed by atoms with Crippen LogP contribution in [-0.2, 0) is 22.4 Å². The third-order valence-corrected chi connectivity index (χ3v) is 8.82. The zero-order valence-corrected chi connectivity index (χ0v) is 27.7. The van der Waals surface area contributed by atoms with E-state index in [1.54, 1.807) is 0 Å². The van der Waals surface area contributed by atoms with Crippen LogP contribution in [-0.4, -0.2) is 115 Å². The third-order valence-electron chi connectivity index (χ3n) is 7.61. The van der Waals surface area contributed by atoms with Crippen molar-refractivity contribution in [2.45, 2.75) is 25.0 Å². The summed E-state index contributed by atoms with van der Waals surface area (Å²) >= 11 is 27.1. The molecule has 4 aliphatic rings. The van der Waals surface area contributed by atoms with E-state index in [0.29, 0.717) is 6.10 Å². The molecule has 0 saturated carbocycles. The second kappa shape index (κ2) is 17.3. The van der Waals surface area contributed by atoms with Crippen LogP contribution < -0.4 is 14.8 Å². The summed E-state index contributed by atoms with van der Waals surface area (Å²) in [6, 6.07) is 11.7. The SMILES string of the molecule is Clc1ccc2c(c1)CC(CN1CCNCC1)O2.O=C(CCl)N1CCN(CC2Cc3cc(Cl)ccc3O2)CC1.O=C(Cl)CCl. The van der Waals surface area contributed by atoms with E-state index in [-0.39, 0.29) is 23.8 Å². The number of amides is 1. The van der Waals surface area contributed by atoms with Crippen LogP contribution in [0, 0.1) is 0 Å². The Labute approximate surface area is 278 Å². The molecule has 13 heteroatoms. The van der Waals surface area contributed by atoms with Gasteiger partial charge in [0.05, 0.1) is 5.88 Å². The van der Waals surface area contributed by atoms with Crippen LogP contribution in [0.15, 0.2) is 36.4 Å². The lowest BCUT2D eigenvalue weighted by atomic mass is 10.1. The summed E-state index contributed by atoms with van der Waals surface area (Å²) in [6.45, 7) is 9.57. The summed E-state index contributed by atoms with van der Waals surface area (Å²) in [5.41, 5.74) is 2.43. The first-order valence-electron chi connectivity index (χ1n) is 14.4. The largest absolute Gasteiger partial charge is 0.488 e. The van der Waals surface area contributed by atoms with Gasteiger partial charge in [-0.15, -0.1) is 23.2 Å². The van der Waals surface area contributed by atoms with E-state index in [9.17, 15) is 9.59 Å². The Kier molecular flexibility index (Phi) is 13.8. The summed E-state index contributed by atoms with van der Waals surface area (Å²) in [6.07, 6.45) is 2.35. The molecule has 4 heterocycles. The number of nitrogens with zero attached hydrogens (tertiary/aromatic N) is 3. The molecule has 1 amide bonds. The molecular formula is C30H37Cl5N4O4. The van der Waals surface area contributed by atoms with Gasteiger partial charge in [-0.3, -0.25) is 19.4 Å². The summed E-state index contributed by atoms with van der Waals surface area (Å²) in [5.74, 6) is 1.95. The molecule has 2 atom stereocenters. The molecule has 8 nitrogen and oxygen atoms in total. The topological polar surface area (TPSA) is 74.3 Å². The first-order valence-corrected chi connectivity index (χ1v) is 16.6. The zero-order chi connectivity index (χ0) is 30.8. The molecule has 0 aromatic heterocycles. The lowest BCUT2D eigenvalue weighted by Gasteiger charge is -2.35. The molecule has 2 unspecified atom stereocenters. The Hall–Kier alpha value is -1.49. The van der Waals surface area contributed by atoms with Crippen molar-refractivity contribution in [2.24, 2.45) is 0 Å². The van der Waals surface area contributed by atoms with Crippen LogP contribution in [0.25, 0.3) is 0 Å². The van der Waals surface area contributed by atoms with Crippen molar-refractivity contribution < 1.29 is 19.1 Å². The Morgan fingerprint density at radius 3 is 1.65 bits per heavy atom. The number of hydrogen-bond acceptors (Lipinski definition) is 7. The van der Waals surface area contributed by atoms with Gasteiger partial charge in [-0.05, 0) is 59.1 Å². The van der Waals surface area contributed by atoms with E-state index in [2.05, 4.69) is 15.1 Å². The molecule has 6 rings (SSSR count). The number of fused-ring (bicyclic) bond motifs is 2. The van der Waals surface area contributed by atoms with Crippen molar-refractivity contribution in [3.8, 4) is 11.5 Å². The fraction of sp³-hybridized carbons (Fsp3) is 0.533. The van der Waals surface area contributed by atoms with Gasteiger partial charge >= 0.3 is 0 Å². The summed E-state index contributed by atoms with van der Waals surface area (Å²) in [7, 11) is 0. The van der Waals surface area contributed by atoms with E-state index in [1.807, 2.05) is 41.3 Å². The van der Waals surface area contributed by atoms with Gasteiger partial charge in [0.2, 0.25) is 11.1 Å². The number of halogens is 5. The number of rotatable bonds is 6. The predicted molar refractivity (Wildman–Crippen MR) is 174 cm³/mol. The standard InChI is InChI=1S/C15H18Cl2N2O2.C13H17ClN2O.C2H2Cl2O/c16-9-15(20)19-5-3-18(4-6-19)10-13-8-11-7-12(17)1-2-14(11)21-13;14-11-1-2-13-10(7-11)8-12(17-13)9-16-5-3-15-4-6-16;3-1-2(4)5/h1-2,7,13H,3-6,8-10H2;1-2,7,12,15H,3-6,8-9H2;1H2. The average Bonchev–Trinajstić information content (AvgIpc) is 3.60. The number of piperazine rings is 2. The molecule has 0 bridgehead atoms. The average molecular weight is 695 g/mol. The van der Waals surface area contributed by atoms with Crippen molar-refractivity contribution >= 4 is 69.2 Å². The third kappa shape index (κ3) is 10.8. The van der Waals surface area contributed by atoms with Gasteiger partial charge in [-0.2, -0.15) is 0 Å². The maximum Gasteiger partial charge on any atom is 0.237 e. The molecule has 2 aromatic carbocycles. The highest BCUT2D eigenvalue weighted by atomic mass is 35.5. The van der Waals surface area contributed by atoms with Crippen LogP contribution in [0.5, 0.6) is 11.5 Å². The molecule has 0 radical (unpaired) electrons. The Morgan fingerprint density at radius 2 is 1.21 bits per heavy atom. The van der Waals surface area contributed by atoms with Crippen molar-refractivity contribution in [1.29, 1.82) is 0 Å². The van der Waals surface area contributed by atoms with E-state index < -0.39 is 5.24 Å². The fourth-order valence-corrected chi connectivity index (χ4v) is 6.07.